The van der Waals surface area contributed by atoms with E-state index in [2.05, 4.69) is 14.7 Å². The molecule has 1 aliphatic heterocycles. The van der Waals surface area contributed by atoms with Gasteiger partial charge in [0.05, 0.1) is 18.4 Å². The van der Waals surface area contributed by atoms with Crippen molar-refractivity contribution in [1.82, 2.24) is 9.97 Å². The molecular weight excluding hydrogens is 437 g/mol. The van der Waals surface area contributed by atoms with Crippen LogP contribution in [0.2, 0.25) is 0 Å². The number of rotatable bonds is 6. The van der Waals surface area contributed by atoms with Crippen molar-refractivity contribution in [2.45, 2.75) is 19.3 Å². The molecule has 2 aromatic heterocycles. The number of carbonyl (C=O) groups excluding carboxylic acids is 1. The monoisotopic (exact) mass is 451 g/mol. The van der Waals surface area contributed by atoms with E-state index in [1.807, 2.05) is 0 Å². The number of alkyl halides is 5. The normalized spacial score (nSPS) is 13.4. The standard InChI is InChI=1S/C21H14F5N3O3/c22-20(23)32-13-3-1-12(2-4-13)29-10-16-14(19(29)30)6-8-28-18(16)15-5-7-27-9-17(15)31-11-21(24,25)26/h1-9,20H,10-11H2. The van der Waals surface area contributed by atoms with Gasteiger partial charge in [-0.3, -0.25) is 14.8 Å². The molecule has 0 N–H and O–H groups in total. The zero-order valence-corrected chi connectivity index (χ0v) is 16.1. The third-order valence-corrected chi connectivity index (χ3v) is 4.65. The Balaban J connectivity index is 1.65. The van der Waals surface area contributed by atoms with Gasteiger partial charge in [-0.1, -0.05) is 0 Å². The Hall–Kier alpha value is -3.76. The van der Waals surface area contributed by atoms with Crippen LogP contribution in [-0.2, 0) is 6.54 Å². The fourth-order valence-electron chi connectivity index (χ4n) is 3.33. The van der Waals surface area contributed by atoms with E-state index in [4.69, 9.17) is 4.74 Å². The van der Waals surface area contributed by atoms with E-state index >= 15 is 0 Å². The van der Waals surface area contributed by atoms with Crippen LogP contribution < -0.4 is 14.4 Å². The number of carbonyl (C=O) groups is 1. The first-order valence-corrected chi connectivity index (χ1v) is 9.21. The Morgan fingerprint density at radius 3 is 2.44 bits per heavy atom. The van der Waals surface area contributed by atoms with E-state index in [1.165, 1.54) is 53.7 Å². The lowest BCUT2D eigenvalue weighted by Gasteiger charge is -2.17. The SMILES string of the molecule is O=C1c2ccnc(-c3ccncc3OCC(F)(F)F)c2CN1c1ccc(OC(F)F)cc1. The largest absolute Gasteiger partial charge is 0.482 e. The van der Waals surface area contributed by atoms with Crippen molar-refractivity contribution < 1.29 is 36.2 Å². The van der Waals surface area contributed by atoms with Gasteiger partial charge in [0.1, 0.15) is 11.5 Å². The van der Waals surface area contributed by atoms with Gasteiger partial charge in [-0.25, -0.2) is 0 Å². The third kappa shape index (κ3) is 4.46. The first kappa shape index (κ1) is 21.5. The molecular formula is C21H14F5N3O3. The summed E-state index contributed by atoms with van der Waals surface area (Å²) in [6.45, 7) is -4.40. The zero-order valence-electron chi connectivity index (χ0n) is 16.1. The highest BCUT2D eigenvalue weighted by atomic mass is 19.4. The molecule has 0 spiro atoms. The molecule has 166 valence electrons. The summed E-state index contributed by atoms with van der Waals surface area (Å²) in [5, 5.41) is 0. The van der Waals surface area contributed by atoms with Crippen molar-refractivity contribution >= 4 is 11.6 Å². The van der Waals surface area contributed by atoms with E-state index in [9.17, 15) is 26.7 Å². The molecule has 0 saturated heterocycles. The van der Waals surface area contributed by atoms with Crippen molar-refractivity contribution in [2.24, 2.45) is 0 Å². The molecule has 1 aliphatic rings. The molecule has 3 aromatic rings. The van der Waals surface area contributed by atoms with Gasteiger partial charge < -0.3 is 14.4 Å². The van der Waals surface area contributed by atoms with Crippen molar-refractivity contribution in [3.05, 3.63) is 66.1 Å². The predicted octanol–water partition coefficient (Wildman–Crippen LogP) is 4.85. The summed E-state index contributed by atoms with van der Waals surface area (Å²) in [6.07, 6.45) is -0.624. The van der Waals surface area contributed by atoms with Crippen LogP contribution in [0.25, 0.3) is 11.3 Å². The van der Waals surface area contributed by atoms with Crippen LogP contribution in [0.5, 0.6) is 11.5 Å². The van der Waals surface area contributed by atoms with Crippen molar-refractivity contribution in [1.29, 1.82) is 0 Å². The minimum atomic E-state index is -4.54. The lowest BCUT2D eigenvalue weighted by atomic mass is 10.0. The summed E-state index contributed by atoms with van der Waals surface area (Å²) >= 11 is 0. The van der Waals surface area contributed by atoms with E-state index in [1.54, 1.807) is 0 Å². The molecule has 0 atom stereocenters. The summed E-state index contributed by atoms with van der Waals surface area (Å²) in [6, 6.07) is 8.49. The van der Waals surface area contributed by atoms with E-state index in [0.29, 0.717) is 16.8 Å². The summed E-state index contributed by atoms with van der Waals surface area (Å²) in [7, 11) is 0. The molecule has 0 radical (unpaired) electrons. The molecule has 6 nitrogen and oxygen atoms in total. The smallest absolute Gasteiger partial charge is 0.422 e. The van der Waals surface area contributed by atoms with Crippen LogP contribution >= 0.6 is 0 Å². The van der Waals surface area contributed by atoms with Crippen LogP contribution in [0.4, 0.5) is 27.6 Å². The second-order valence-corrected chi connectivity index (χ2v) is 6.73. The highest BCUT2D eigenvalue weighted by Crippen LogP contribution is 2.37. The van der Waals surface area contributed by atoms with Gasteiger partial charge in [0.15, 0.2) is 6.61 Å². The number of pyridine rings is 2. The summed E-state index contributed by atoms with van der Waals surface area (Å²) in [4.78, 5) is 22.4. The fourth-order valence-corrected chi connectivity index (χ4v) is 3.33. The lowest BCUT2D eigenvalue weighted by molar-refractivity contribution is -0.153. The molecule has 0 fully saturated rings. The van der Waals surface area contributed by atoms with Crippen LogP contribution in [-0.4, -0.2) is 35.3 Å². The van der Waals surface area contributed by atoms with E-state index in [-0.39, 0.29) is 35.2 Å². The lowest BCUT2D eigenvalue weighted by Crippen LogP contribution is -2.22. The third-order valence-electron chi connectivity index (χ3n) is 4.65. The van der Waals surface area contributed by atoms with Gasteiger partial charge in [0, 0.05) is 34.8 Å². The number of anilines is 1. The molecule has 1 amide bonds. The van der Waals surface area contributed by atoms with Gasteiger partial charge >= 0.3 is 12.8 Å². The molecule has 0 saturated carbocycles. The number of aromatic nitrogens is 2. The molecule has 0 aliphatic carbocycles. The molecule has 1 aromatic carbocycles. The predicted molar refractivity (Wildman–Crippen MR) is 103 cm³/mol. The Kier molecular flexibility index (Phi) is 5.64. The quantitative estimate of drug-likeness (QED) is 0.502. The minimum Gasteiger partial charge on any atom is -0.482 e. The number of ether oxygens (including phenoxy) is 2. The minimum absolute atomic E-state index is 0.0569. The maximum Gasteiger partial charge on any atom is 0.422 e. The number of hydrogen-bond acceptors (Lipinski definition) is 5. The molecule has 3 heterocycles. The zero-order chi connectivity index (χ0) is 22.9. The topological polar surface area (TPSA) is 64.5 Å². The highest BCUT2D eigenvalue weighted by Gasteiger charge is 2.33. The second kappa shape index (κ2) is 8.40. The number of nitrogens with zero attached hydrogens (tertiary/aromatic N) is 3. The van der Waals surface area contributed by atoms with Crippen LogP contribution in [0.3, 0.4) is 0 Å². The van der Waals surface area contributed by atoms with Gasteiger partial charge in [0.25, 0.3) is 5.91 Å². The van der Waals surface area contributed by atoms with Gasteiger partial charge in [-0.15, -0.1) is 0 Å². The first-order chi connectivity index (χ1) is 15.2. The van der Waals surface area contributed by atoms with Gasteiger partial charge in [0.2, 0.25) is 0 Å². The molecule has 0 bridgehead atoms. The average molecular weight is 451 g/mol. The van der Waals surface area contributed by atoms with Gasteiger partial charge in [-0.2, -0.15) is 22.0 Å². The maximum absolute atomic E-state index is 12.9. The molecule has 4 rings (SSSR count). The second-order valence-electron chi connectivity index (χ2n) is 6.73. The van der Waals surface area contributed by atoms with Crippen molar-refractivity contribution in [3.63, 3.8) is 0 Å². The Bertz CT molecular complexity index is 1140. The Morgan fingerprint density at radius 1 is 1.03 bits per heavy atom. The van der Waals surface area contributed by atoms with E-state index < -0.39 is 19.4 Å². The number of fused-ring (bicyclic) bond motifs is 1. The number of amides is 1. The van der Waals surface area contributed by atoms with Crippen LogP contribution in [0.1, 0.15) is 15.9 Å². The molecule has 32 heavy (non-hydrogen) atoms. The van der Waals surface area contributed by atoms with Crippen LogP contribution in [0.15, 0.2) is 55.0 Å². The fraction of sp³-hybridized carbons (Fsp3) is 0.190. The number of benzene rings is 1. The molecule has 0 unspecified atom stereocenters. The maximum atomic E-state index is 12.9. The summed E-state index contributed by atoms with van der Waals surface area (Å²) < 4.78 is 71.8. The Morgan fingerprint density at radius 2 is 1.75 bits per heavy atom. The highest BCUT2D eigenvalue weighted by molar-refractivity contribution is 6.11. The van der Waals surface area contributed by atoms with Crippen LogP contribution in [0, 0.1) is 0 Å². The summed E-state index contributed by atoms with van der Waals surface area (Å²) in [5.74, 6) is -0.540. The first-order valence-electron chi connectivity index (χ1n) is 9.21. The molecule has 11 heteroatoms. The number of hydrogen-bond donors (Lipinski definition) is 0. The van der Waals surface area contributed by atoms with Gasteiger partial charge in [-0.05, 0) is 36.4 Å². The van der Waals surface area contributed by atoms with Crippen molar-refractivity contribution in [3.8, 4) is 22.8 Å². The van der Waals surface area contributed by atoms with E-state index in [0.717, 1.165) is 6.20 Å². The summed E-state index contributed by atoms with van der Waals surface area (Å²) in [5.41, 5.74) is 1.80. The van der Waals surface area contributed by atoms with Crippen molar-refractivity contribution in [2.75, 3.05) is 11.5 Å². The Labute approximate surface area is 178 Å². The average Bonchev–Trinajstić information content (AvgIpc) is 3.09. The number of halogens is 5.